The average Bonchev–Trinajstić information content (AvgIpc) is 2.73. The van der Waals surface area contributed by atoms with E-state index in [9.17, 15) is 0 Å². The normalized spacial score (nSPS) is 12.3. The van der Waals surface area contributed by atoms with E-state index in [2.05, 4.69) is 30.8 Å². The first-order chi connectivity index (χ1) is 14.5. The monoisotopic (exact) mass is 411 g/mol. The lowest BCUT2D eigenvalue weighted by Crippen LogP contribution is -2.14. The molecule has 0 saturated heterocycles. The van der Waals surface area contributed by atoms with Crippen molar-refractivity contribution in [3.63, 3.8) is 0 Å². The summed E-state index contributed by atoms with van der Waals surface area (Å²) >= 11 is 0. The second-order valence-corrected chi connectivity index (χ2v) is 7.17. The Morgan fingerprint density at radius 1 is 1.00 bits per heavy atom. The summed E-state index contributed by atoms with van der Waals surface area (Å²) in [6.45, 7) is 9.42. The maximum absolute atomic E-state index is 6.21. The lowest BCUT2D eigenvalue weighted by molar-refractivity contribution is 0.191. The zero-order chi connectivity index (χ0) is 21.8. The van der Waals surface area contributed by atoms with Gasteiger partial charge in [0.2, 0.25) is 0 Å². The van der Waals surface area contributed by atoms with Crippen molar-refractivity contribution >= 4 is 6.21 Å². The smallest absolute Gasteiger partial charge is 0.125 e. The fourth-order valence-electron chi connectivity index (χ4n) is 3.00. The molecule has 1 unspecified atom stereocenters. The van der Waals surface area contributed by atoms with Gasteiger partial charge in [0.25, 0.3) is 0 Å². The van der Waals surface area contributed by atoms with E-state index in [0.29, 0.717) is 13.2 Å². The fraction of sp³-hybridized carbons (Fsp3) is 0.400. The van der Waals surface area contributed by atoms with Crippen LogP contribution in [0.4, 0.5) is 0 Å². The SMILES string of the molecule is C/C=C/COc1cc(C)c(OC(C)CCCOc2ccc(C=NOC)cc2)c(C)c1. The number of rotatable bonds is 12. The summed E-state index contributed by atoms with van der Waals surface area (Å²) in [5.74, 6) is 2.66. The molecule has 2 rings (SSSR count). The molecule has 0 spiro atoms. The largest absolute Gasteiger partial charge is 0.494 e. The minimum Gasteiger partial charge on any atom is -0.494 e. The van der Waals surface area contributed by atoms with Crippen LogP contribution in [0.5, 0.6) is 17.2 Å². The Labute approximate surface area is 180 Å². The van der Waals surface area contributed by atoms with Crippen LogP contribution in [-0.4, -0.2) is 32.6 Å². The summed E-state index contributed by atoms with van der Waals surface area (Å²) in [5.41, 5.74) is 3.14. The first-order valence-corrected chi connectivity index (χ1v) is 10.3. The van der Waals surface area contributed by atoms with Crippen molar-refractivity contribution < 1.29 is 19.0 Å². The number of allylic oxidation sites excluding steroid dienone is 1. The molecular weight excluding hydrogens is 378 g/mol. The van der Waals surface area contributed by atoms with Gasteiger partial charge in [-0.2, -0.15) is 0 Å². The molecule has 1 atom stereocenters. The molecule has 0 amide bonds. The first-order valence-electron chi connectivity index (χ1n) is 10.3. The first kappa shape index (κ1) is 23.3. The van der Waals surface area contributed by atoms with E-state index in [0.717, 1.165) is 46.8 Å². The van der Waals surface area contributed by atoms with Crippen LogP contribution in [0.3, 0.4) is 0 Å². The van der Waals surface area contributed by atoms with Crippen molar-refractivity contribution in [2.45, 2.75) is 46.6 Å². The zero-order valence-corrected chi connectivity index (χ0v) is 18.7. The van der Waals surface area contributed by atoms with Gasteiger partial charge in [0.15, 0.2) is 0 Å². The van der Waals surface area contributed by atoms with Gasteiger partial charge in [0.05, 0.1) is 18.9 Å². The topological polar surface area (TPSA) is 49.3 Å². The number of ether oxygens (including phenoxy) is 3. The summed E-state index contributed by atoms with van der Waals surface area (Å²) in [6.07, 6.45) is 7.56. The van der Waals surface area contributed by atoms with Gasteiger partial charge in [-0.1, -0.05) is 17.3 Å². The minimum atomic E-state index is 0.105. The van der Waals surface area contributed by atoms with Crippen molar-refractivity contribution in [1.82, 2.24) is 0 Å². The molecular formula is C25H33NO4. The highest BCUT2D eigenvalue weighted by Crippen LogP contribution is 2.30. The molecule has 0 N–H and O–H groups in total. The Bertz CT molecular complexity index is 805. The van der Waals surface area contributed by atoms with Crippen LogP contribution in [0, 0.1) is 13.8 Å². The molecule has 2 aromatic carbocycles. The van der Waals surface area contributed by atoms with Crippen LogP contribution >= 0.6 is 0 Å². The van der Waals surface area contributed by atoms with Crippen LogP contribution in [0.25, 0.3) is 0 Å². The van der Waals surface area contributed by atoms with Crippen molar-refractivity contribution in [1.29, 1.82) is 0 Å². The van der Waals surface area contributed by atoms with E-state index in [1.807, 2.05) is 55.5 Å². The van der Waals surface area contributed by atoms with Gasteiger partial charge in [-0.3, -0.25) is 0 Å². The molecule has 0 fully saturated rings. The summed E-state index contributed by atoms with van der Waals surface area (Å²) in [7, 11) is 1.53. The fourth-order valence-corrected chi connectivity index (χ4v) is 3.00. The number of oxime groups is 1. The van der Waals surface area contributed by atoms with Crippen molar-refractivity contribution in [3.8, 4) is 17.2 Å². The van der Waals surface area contributed by atoms with Crippen LogP contribution in [0.2, 0.25) is 0 Å². The van der Waals surface area contributed by atoms with Gasteiger partial charge < -0.3 is 19.0 Å². The standard InChI is InChI=1S/C25H33NO4/c1-6-7-14-29-24-16-19(2)25(20(3)17-24)30-21(4)9-8-15-28-23-12-10-22(11-13-23)18-26-27-5/h6-7,10-13,16-18,21H,8-9,14-15H2,1-5H3/b7-6+,26-18?. The van der Waals surface area contributed by atoms with Crippen molar-refractivity contribution in [2.75, 3.05) is 20.3 Å². The lowest BCUT2D eigenvalue weighted by atomic mass is 10.1. The molecule has 5 heteroatoms. The van der Waals surface area contributed by atoms with E-state index in [1.54, 1.807) is 6.21 Å². The van der Waals surface area contributed by atoms with E-state index in [1.165, 1.54) is 7.11 Å². The quantitative estimate of drug-likeness (QED) is 0.190. The molecule has 0 heterocycles. The molecule has 0 aliphatic carbocycles. The second-order valence-electron chi connectivity index (χ2n) is 7.17. The predicted octanol–water partition coefficient (Wildman–Crippen LogP) is 5.87. The summed E-state index contributed by atoms with van der Waals surface area (Å²) in [4.78, 5) is 4.68. The third-order valence-corrected chi connectivity index (χ3v) is 4.55. The molecule has 162 valence electrons. The molecule has 0 aliphatic rings. The van der Waals surface area contributed by atoms with Crippen LogP contribution in [0.1, 0.15) is 43.4 Å². The van der Waals surface area contributed by atoms with Gasteiger partial charge >= 0.3 is 0 Å². The third kappa shape index (κ3) is 7.82. The highest BCUT2D eigenvalue weighted by molar-refractivity contribution is 5.79. The summed E-state index contributed by atoms with van der Waals surface area (Å²) in [5, 5.41) is 3.75. The van der Waals surface area contributed by atoms with E-state index in [-0.39, 0.29) is 6.10 Å². The maximum Gasteiger partial charge on any atom is 0.125 e. The molecule has 0 bridgehead atoms. The van der Waals surface area contributed by atoms with Gasteiger partial charge in [-0.15, -0.1) is 0 Å². The number of hydrogen-bond donors (Lipinski definition) is 0. The number of hydrogen-bond acceptors (Lipinski definition) is 5. The maximum atomic E-state index is 6.21. The highest BCUT2D eigenvalue weighted by atomic mass is 16.6. The Hall–Kier alpha value is -2.95. The van der Waals surface area contributed by atoms with Crippen LogP contribution in [-0.2, 0) is 4.84 Å². The zero-order valence-electron chi connectivity index (χ0n) is 18.7. The molecule has 0 saturated carbocycles. The van der Waals surface area contributed by atoms with Crippen molar-refractivity contribution in [3.05, 3.63) is 65.2 Å². The van der Waals surface area contributed by atoms with Crippen molar-refractivity contribution in [2.24, 2.45) is 5.16 Å². The molecule has 5 nitrogen and oxygen atoms in total. The van der Waals surface area contributed by atoms with E-state index in [4.69, 9.17) is 14.2 Å². The number of aryl methyl sites for hydroxylation is 2. The molecule has 0 aliphatic heterocycles. The number of benzene rings is 2. The molecule has 2 aromatic rings. The van der Waals surface area contributed by atoms with E-state index < -0.39 is 0 Å². The average molecular weight is 412 g/mol. The summed E-state index contributed by atoms with van der Waals surface area (Å²) in [6, 6.07) is 11.8. The van der Waals surface area contributed by atoms with Gasteiger partial charge in [-0.05, 0) is 93.6 Å². The Balaban J connectivity index is 1.77. The van der Waals surface area contributed by atoms with Gasteiger partial charge in [-0.25, -0.2) is 0 Å². The predicted molar refractivity (Wildman–Crippen MR) is 122 cm³/mol. The Morgan fingerprint density at radius 2 is 1.70 bits per heavy atom. The van der Waals surface area contributed by atoms with E-state index >= 15 is 0 Å². The Morgan fingerprint density at radius 3 is 2.33 bits per heavy atom. The summed E-state index contributed by atoms with van der Waals surface area (Å²) < 4.78 is 17.8. The van der Waals surface area contributed by atoms with Gasteiger partial charge in [0, 0.05) is 0 Å². The van der Waals surface area contributed by atoms with Crippen LogP contribution in [0.15, 0.2) is 53.7 Å². The van der Waals surface area contributed by atoms with Gasteiger partial charge in [0.1, 0.15) is 31.0 Å². The Kier molecular flexibility index (Phi) is 9.78. The third-order valence-electron chi connectivity index (χ3n) is 4.55. The number of nitrogens with zero attached hydrogens (tertiary/aromatic N) is 1. The lowest BCUT2D eigenvalue weighted by Gasteiger charge is -2.19. The molecule has 0 radical (unpaired) electrons. The highest BCUT2D eigenvalue weighted by Gasteiger charge is 2.11. The van der Waals surface area contributed by atoms with Crippen LogP contribution < -0.4 is 14.2 Å². The second kappa shape index (κ2) is 12.6. The minimum absolute atomic E-state index is 0.105. The molecule has 0 aromatic heterocycles. The molecule has 30 heavy (non-hydrogen) atoms.